The third-order valence-electron chi connectivity index (χ3n) is 2.31. The molecule has 1 nitrogen and oxygen atoms in total. The molecule has 1 saturated heterocycles. The van der Waals surface area contributed by atoms with Gasteiger partial charge in [-0.3, -0.25) is 0 Å². The van der Waals surface area contributed by atoms with Crippen molar-refractivity contribution in [3.63, 3.8) is 0 Å². The van der Waals surface area contributed by atoms with Gasteiger partial charge in [-0.25, -0.2) is 10.0 Å². The molecule has 0 spiro atoms. The predicted octanol–water partition coefficient (Wildman–Crippen LogP) is 1.56. The third kappa shape index (κ3) is 2.51. The van der Waals surface area contributed by atoms with Crippen molar-refractivity contribution < 1.29 is 0 Å². The maximum Gasteiger partial charge on any atom is 0.00464 e. The number of nitrogens with two attached hydrogens (primary N) is 1. The van der Waals surface area contributed by atoms with Crippen molar-refractivity contribution in [1.82, 2.24) is 0 Å². The number of rotatable bonds is 0. The van der Waals surface area contributed by atoms with Crippen LogP contribution in [-0.4, -0.2) is 30.1 Å². The van der Waals surface area contributed by atoms with Gasteiger partial charge in [-0.2, -0.15) is 0 Å². The van der Waals surface area contributed by atoms with Crippen LogP contribution in [-0.2, 0) is 0 Å². The maximum absolute atomic E-state index is 5.87. The second-order valence-electron chi connectivity index (χ2n) is 3.87. The first-order valence-corrected chi connectivity index (χ1v) is 6.83. The van der Waals surface area contributed by atoms with Crippen LogP contribution < -0.4 is 5.73 Å². The maximum atomic E-state index is 5.87. The van der Waals surface area contributed by atoms with Gasteiger partial charge in [0.2, 0.25) is 0 Å². The molecule has 0 aromatic heterocycles. The molecule has 1 heterocycles. The lowest BCUT2D eigenvalue weighted by Gasteiger charge is -2.28. The van der Waals surface area contributed by atoms with Crippen molar-refractivity contribution in [2.75, 3.05) is 24.0 Å². The van der Waals surface area contributed by atoms with Crippen molar-refractivity contribution >= 4 is 10.0 Å². The minimum atomic E-state index is -0.232. The summed E-state index contributed by atoms with van der Waals surface area (Å²) in [5, 5.41) is 0. The van der Waals surface area contributed by atoms with Crippen LogP contribution in [0.25, 0.3) is 0 Å². The van der Waals surface area contributed by atoms with Gasteiger partial charge in [0.15, 0.2) is 0 Å². The SMILES string of the molecule is CS1(C)CCCC(N)CC1. The van der Waals surface area contributed by atoms with Crippen LogP contribution in [0, 0.1) is 0 Å². The fourth-order valence-electron chi connectivity index (χ4n) is 1.45. The Morgan fingerprint density at radius 2 is 1.90 bits per heavy atom. The van der Waals surface area contributed by atoms with E-state index in [9.17, 15) is 0 Å². The van der Waals surface area contributed by atoms with Gasteiger partial charge in [0.1, 0.15) is 0 Å². The molecule has 0 amide bonds. The quantitative estimate of drug-likeness (QED) is 0.573. The Morgan fingerprint density at radius 3 is 2.60 bits per heavy atom. The molecule has 1 atom stereocenters. The lowest BCUT2D eigenvalue weighted by Crippen LogP contribution is -2.19. The molecule has 0 saturated carbocycles. The minimum Gasteiger partial charge on any atom is -0.328 e. The van der Waals surface area contributed by atoms with E-state index in [1.54, 1.807) is 0 Å². The van der Waals surface area contributed by atoms with Crippen LogP contribution in [0.15, 0.2) is 0 Å². The summed E-state index contributed by atoms with van der Waals surface area (Å²) >= 11 is 0. The first kappa shape index (κ1) is 8.41. The smallest absolute Gasteiger partial charge is 0.00464 e. The highest BCUT2D eigenvalue weighted by atomic mass is 32.3. The van der Waals surface area contributed by atoms with Crippen molar-refractivity contribution in [1.29, 1.82) is 0 Å². The molecule has 1 rings (SSSR count). The molecule has 10 heavy (non-hydrogen) atoms. The molecule has 0 aromatic rings. The molecular weight excluding hydrogens is 142 g/mol. The van der Waals surface area contributed by atoms with Gasteiger partial charge in [0, 0.05) is 6.04 Å². The molecule has 1 aliphatic heterocycles. The molecule has 1 aliphatic rings. The Labute approximate surface area is 65.7 Å². The number of hydrogen-bond acceptors (Lipinski definition) is 1. The van der Waals surface area contributed by atoms with E-state index >= 15 is 0 Å². The van der Waals surface area contributed by atoms with Crippen LogP contribution in [0.5, 0.6) is 0 Å². The van der Waals surface area contributed by atoms with E-state index in [0.717, 1.165) is 0 Å². The fourth-order valence-corrected chi connectivity index (χ4v) is 3.55. The first-order valence-electron chi connectivity index (χ1n) is 4.04. The van der Waals surface area contributed by atoms with E-state index in [1.165, 1.54) is 30.8 Å². The van der Waals surface area contributed by atoms with E-state index in [4.69, 9.17) is 5.73 Å². The average molecular weight is 161 g/mol. The van der Waals surface area contributed by atoms with E-state index in [2.05, 4.69) is 12.5 Å². The van der Waals surface area contributed by atoms with Gasteiger partial charge in [-0.1, -0.05) is 0 Å². The van der Waals surface area contributed by atoms with E-state index in [1.807, 2.05) is 0 Å². The summed E-state index contributed by atoms with van der Waals surface area (Å²) in [4.78, 5) is 0. The summed E-state index contributed by atoms with van der Waals surface area (Å²) in [6.45, 7) is 0. The highest BCUT2D eigenvalue weighted by Gasteiger charge is 2.17. The fraction of sp³-hybridized carbons (Fsp3) is 1.00. The van der Waals surface area contributed by atoms with Gasteiger partial charge in [-0.15, -0.1) is 0 Å². The largest absolute Gasteiger partial charge is 0.328 e. The van der Waals surface area contributed by atoms with Crippen LogP contribution in [0.4, 0.5) is 0 Å². The highest BCUT2D eigenvalue weighted by molar-refractivity contribution is 8.32. The summed E-state index contributed by atoms with van der Waals surface area (Å²) in [6, 6.07) is 0.509. The Bertz CT molecular complexity index is 112. The lowest BCUT2D eigenvalue weighted by molar-refractivity contribution is 0.603. The van der Waals surface area contributed by atoms with Crippen molar-refractivity contribution in [3.05, 3.63) is 0 Å². The second-order valence-corrected chi connectivity index (χ2v) is 8.22. The van der Waals surface area contributed by atoms with E-state index in [-0.39, 0.29) is 10.0 Å². The lowest BCUT2D eigenvalue weighted by atomic mass is 10.1. The molecular formula is C8H19NS. The molecule has 0 radical (unpaired) electrons. The van der Waals surface area contributed by atoms with Gasteiger partial charge in [0.05, 0.1) is 0 Å². The Hall–Kier alpha value is 0.310. The minimum absolute atomic E-state index is 0.232. The Kier molecular flexibility index (Phi) is 2.64. The monoisotopic (exact) mass is 161 g/mol. The molecule has 0 aromatic carbocycles. The molecule has 0 aliphatic carbocycles. The van der Waals surface area contributed by atoms with Crippen molar-refractivity contribution in [2.24, 2.45) is 5.73 Å². The topological polar surface area (TPSA) is 26.0 Å². The van der Waals surface area contributed by atoms with Crippen LogP contribution in [0.2, 0.25) is 0 Å². The molecule has 62 valence electrons. The highest BCUT2D eigenvalue weighted by Crippen LogP contribution is 2.43. The molecule has 1 fully saturated rings. The van der Waals surface area contributed by atoms with Crippen molar-refractivity contribution in [3.8, 4) is 0 Å². The van der Waals surface area contributed by atoms with Crippen LogP contribution >= 0.6 is 10.0 Å². The summed E-state index contributed by atoms with van der Waals surface area (Å²) in [5.74, 6) is 2.84. The average Bonchev–Trinajstić information content (AvgIpc) is 1.94. The van der Waals surface area contributed by atoms with Gasteiger partial charge in [-0.05, 0) is 43.3 Å². The Morgan fingerprint density at radius 1 is 1.20 bits per heavy atom. The van der Waals surface area contributed by atoms with Crippen molar-refractivity contribution in [2.45, 2.75) is 25.3 Å². The second kappa shape index (κ2) is 3.14. The van der Waals surface area contributed by atoms with Crippen LogP contribution in [0.1, 0.15) is 19.3 Å². The summed E-state index contributed by atoms with van der Waals surface area (Å²) in [6.07, 6.45) is 8.76. The first-order chi connectivity index (χ1) is 4.60. The zero-order valence-electron chi connectivity index (χ0n) is 7.10. The zero-order valence-corrected chi connectivity index (χ0v) is 7.91. The normalized spacial score (nSPS) is 36.5. The van der Waals surface area contributed by atoms with Crippen LogP contribution in [0.3, 0.4) is 0 Å². The van der Waals surface area contributed by atoms with E-state index < -0.39 is 0 Å². The standard InChI is InChI=1S/C8H19NS/c1-10(2)6-3-4-8(9)5-7-10/h8H,3-7,9H2,1-2H3. The zero-order chi connectivity index (χ0) is 7.61. The molecule has 0 bridgehead atoms. The van der Waals surface area contributed by atoms with E-state index in [0.29, 0.717) is 6.04 Å². The molecule has 2 heteroatoms. The van der Waals surface area contributed by atoms with Gasteiger partial charge >= 0.3 is 0 Å². The third-order valence-corrected chi connectivity index (χ3v) is 5.05. The van der Waals surface area contributed by atoms with Gasteiger partial charge < -0.3 is 5.73 Å². The summed E-state index contributed by atoms with van der Waals surface area (Å²) in [7, 11) is -0.232. The Balaban J connectivity index is 2.41. The molecule has 1 unspecified atom stereocenters. The summed E-state index contributed by atoms with van der Waals surface area (Å²) < 4.78 is 0. The van der Waals surface area contributed by atoms with Gasteiger partial charge in [0.25, 0.3) is 0 Å². The summed E-state index contributed by atoms with van der Waals surface area (Å²) in [5.41, 5.74) is 5.87. The predicted molar refractivity (Wildman–Crippen MR) is 51.0 cm³/mol. The molecule has 2 N–H and O–H groups in total. The number of hydrogen-bond donors (Lipinski definition) is 1.